The van der Waals surface area contributed by atoms with Gasteiger partial charge in [-0.1, -0.05) is 30.3 Å². The molecule has 0 aliphatic rings. The van der Waals surface area contributed by atoms with E-state index in [2.05, 4.69) is 10.6 Å². The van der Waals surface area contributed by atoms with Crippen molar-refractivity contribution in [1.29, 1.82) is 0 Å². The topological polar surface area (TPSA) is 58.2 Å². The van der Waals surface area contributed by atoms with Crippen molar-refractivity contribution in [2.75, 3.05) is 5.32 Å². The van der Waals surface area contributed by atoms with Crippen LogP contribution < -0.4 is 10.6 Å². The molecule has 0 atom stereocenters. The van der Waals surface area contributed by atoms with Crippen molar-refractivity contribution in [3.63, 3.8) is 0 Å². The molecule has 0 aliphatic carbocycles. The summed E-state index contributed by atoms with van der Waals surface area (Å²) in [5.41, 5.74) is 1.33. The highest BCUT2D eigenvalue weighted by Crippen LogP contribution is 2.15. The zero-order valence-electron chi connectivity index (χ0n) is 13.2. The molecule has 2 N–H and O–H groups in total. The Kier molecular flexibility index (Phi) is 5.20. The molecule has 1 heterocycles. The molecule has 2 aromatic carbocycles. The van der Waals surface area contributed by atoms with E-state index in [1.54, 1.807) is 54.6 Å². The third-order valence-electron chi connectivity index (χ3n) is 3.52. The van der Waals surface area contributed by atoms with Gasteiger partial charge in [-0.25, -0.2) is 4.39 Å². The summed E-state index contributed by atoms with van der Waals surface area (Å²) < 4.78 is 13.6. The van der Waals surface area contributed by atoms with Crippen LogP contribution in [-0.2, 0) is 6.54 Å². The van der Waals surface area contributed by atoms with Crippen LogP contribution in [0.15, 0.2) is 66.0 Å². The van der Waals surface area contributed by atoms with Crippen molar-refractivity contribution in [1.82, 2.24) is 5.32 Å². The molecule has 0 saturated carbocycles. The average molecular weight is 354 g/mol. The highest BCUT2D eigenvalue weighted by Gasteiger charge is 2.10. The monoisotopic (exact) mass is 354 g/mol. The molecule has 1 aromatic heterocycles. The summed E-state index contributed by atoms with van der Waals surface area (Å²) in [6.45, 7) is 0.0945. The first-order valence-electron chi connectivity index (χ1n) is 7.60. The minimum atomic E-state index is -0.361. The molecule has 0 aliphatic heterocycles. The van der Waals surface area contributed by atoms with Crippen LogP contribution in [0.25, 0.3) is 0 Å². The Morgan fingerprint density at radius 2 is 1.80 bits per heavy atom. The van der Waals surface area contributed by atoms with Crippen LogP contribution in [0.1, 0.15) is 25.6 Å². The van der Waals surface area contributed by atoms with Crippen LogP contribution >= 0.6 is 11.3 Å². The number of nitrogens with one attached hydrogen (secondary N) is 2. The van der Waals surface area contributed by atoms with Crippen LogP contribution in [0.2, 0.25) is 0 Å². The van der Waals surface area contributed by atoms with E-state index in [0.717, 1.165) is 0 Å². The highest BCUT2D eigenvalue weighted by atomic mass is 32.1. The van der Waals surface area contributed by atoms with Crippen molar-refractivity contribution in [3.8, 4) is 0 Å². The van der Waals surface area contributed by atoms with E-state index in [9.17, 15) is 14.0 Å². The Balaban J connectivity index is 1.65. The molecule has 3 aromatic rings. The fourth-order valence-corrected chi connectivity index (χ4v) is 2.88. The first-order valence-corrected chi connectivity index (χ1v) is 8.48. The minimum absolute atomic E-state index is 0.0945. The summed E-state index contributed by atoms with van der Waals surface area (Å²) in [6.07, 6.45) is 0. The lowest BCUT2D eigenvalue weighted by atomic mass is 10.1. The molecule has 3 rings (SSSR count). The Bertz CT molecular complexity index is 894. The van der Waals surface area contributed by atoms with Gasteiger partial charge in [0.25, 0.3) is 11.8 Å². The number of halogens is 1. The molecule has 126 valence electrons. The molecular weight excluding hydrogens is 339 g/mol. The molecule has 6 heteroatoms. The number of carbonyl (C=O) groups excluding carboxylic acids is 2. The summed E-state index contributed by atoms with van der Waals surface area (Å²) >= 11 is 1.34. The van der Waals surface area contributed by atoms with E-state index in [1.807, 2.05) is 5.38 Å². The zero-order valence-corrected chi connectivity index (χ0v) is 14.0. The molecule has 25 heavy (non-hydrogen) atoms. The van der Waals surface area contributed by atoms with Crippen molar-refractivity contribution < 1.29 is 14.0 Å². The average Bonchev–Trinajstić information content (AvgIpc) is 3.16. The first kappa shape index (κ1) is 16.9. The van der Waals surface area contributed by atoms with E-state index in [4.69, 9.17) is 0 Å². The maximum Gasteiger partial charge on any atom is 0.265 e. The SMILES string of the molecule is O=C(NCc1ccccc1F)c1cccc(NC(=O)c2cccs2)c1. The third kappa shape index (κ3) is 4.30. The molecule has 0 unspecified atom stereocenters. The second kappa shape index (κ2) is 7.72. The summed E-state index contributed by atoms with van der Waals surface area (Å²) in [4.78, 5) is 24.9. The van der Waals surface area contributed by atoms with Gasteiger partial charge in [-0.2, -0.15) is 0 Å². The quantitative estimate of drug-likeness (QED) is 0.726. The van der Waals surface area contributed by atoms with Crippen LogP contribution in [0.3, 0.4) is 0 Å². The van der Waals surface area contributed by atoms with Crippen molar-refractivity contribution in [3.05, 3.63) is 87.9 Å². The van der Waals surface area contributed by atoms with E-state index >= 15 is 0 Å². The van der Waals surface area contributed by atoms with Crippen molar-refractivity contribution in [2.24, 2.45) is 0 Å². The van der Waals surface area contributed by atoms with Gasteiger partial charge in [-0.15, -0.1) is 11.3 Å². The second-order valence-corrected chi connectivity index (χ2v) is 6.23. The molecule has 0 saturated heterocycles. The number of hydrogen-bond donors (Lipinski definition) is 2. The standard InChI is InChI=1S/C19H15FN2O2S/c20-16-8-2-1-5-14(16)12-21-18(23)13-6-3-7-15(11-13)22-19(24)17-9-4-10-25-17/h1-11H,12H2,(H,21,23)(H,22,24). The number of amides is 2. The first-order chi connectivity index (χ1) is 12.1. The zero-order chi connectivity index (χ0) is 17.6. The molecule has 0 bridgehead atoms. The van der Waals surface area contributed by atoms with Gasteiger partial charge in [0, 0.05) is 23.4 Å². The Labute approximate surface area is 148 Å². The van der Waals surface area contributed by atoms with E-state index in [-0.39, 0.29) is 24.2 Å². The van der Waals surface area contributed by atoms with Gasteiger partial charge in [-0.3, -0.25) is 9.59 Å². The van der Waals surface area contributed by atoms with Gasteiger partial charge < -0.3 is 10.6 Å². The predicted molar refractivity (Wildman–Crippen MR) is 96.3 cm³/mol. The van der Waals surface area contributed by atoms with Gasteiger partial charge >= 0.3 is 0 Å². The van der Waals surface area contributed by atoms with Crippen LogP contribution in [-0.4, -0.2) is 11.8 Å². The van der Waals surface area contributed by atoms with Gasteiger partial charge in [0.05, 0.1) is 4.88 Å². The van der Waals surface area contributed by atoms with E-state index < -0.39 is 0 Å². The maximum atomic E-state index is 13.6. The van der Waals surface area contributed by atoms with Gasteiger partial charge in [0.15, 0.2) is 0 Å². The third-order valence-corrected chi connectivity index (χ3v) is 4.39. The number of carbonyl (C=O) groups is 2. The van der Waals surface area contributed by atoms with Crippen LogP contribution in [0, 0.1) is 5.82 Å². The lowest BCUT2D eigenvalue weighted by Crippen LogP contribution is -2.23. The van der Waals surface area contributed by atoms with E-state index in [1.165, 1.54) is 17.4 Å². The van der Waals surface area contributed by atoms with Gasteiger partial charge in [-0.05, 0) is 35.7 Å². The van der Waals surface area contributed by atoms with Crippen LogP contribution in [0.5, 0.6) is 0 Å². The van der Waals surface area contributed by atoms with E-state index in [0.29, 0.717) is 21.7 Å². The fraction of sp³-hybridized carbons (Fsp3) is 0.0526. The lowest BCUT2D eigenvalue weighted by Gasteiger charge is -2.08. The number of anilines is 1. The summed E-state index contributed by atoms with van der Waals surface area (Å²) in [7, 11) is 0. The normalized spacial score (nSPS) is 10.3. The number of thiophene rings is 1. The number of benzene rings is 2. The number of hydrogen-bond acceptors (Lipinski definition) is 3. The Morgan fingerprint density at radius 1 is 0.960 bits per heavy atom. The molecule has 0 fully saturated rings. The fourth-order valence-electron chi connectivity index (χ4n) is 2.26. The second-order valence-electron chi connectivity index (χ2n) is 5.29. The maximum absolute atomic E-state index is 13.6. The van der Waals surface area contributed by atoms with Gasteiger partial charge in [0.2, 0.25) is 0 Å². The predicted octanol–water partition coefficient (Wildman–Crippen LogP) is 4.07. The number of rotatable bonds is 5. The van der Waals surface area contributed by atoms with Crippen molar-refractivity contribution >= 4 is 28.8 Å². The summed E-state index contributed by atoms with van der Waals surface area (Å²) in [5, 5.41) is 7.25. The smallest absolute Gasteiger partial charge is 0.265 e. The lowest BCUT2D eigenvalue weighted by molar-refractivity contribution is 0.0949. The molecule has 0 radical (unpaired) electrons. The van der Waals surface area contributed by atoms with Crippen LogP contribution in [0.4, 0.5) is 10.1 Å². The van der Waals surface area contributed by atoms with Gasteiger partial charge in [0.1, 0.15) is 5.82 Å². The summed E-state index contributed by atoms with van der Waals surface area (Å²) in [6, 6.07) is 16.4. The summed E-state index contributed by atoms with van der Waals surface area (Å²) in [5.74, 6) is -0.922. The van der Waals surface area contributed by atoms with Crippen molar-refractivity contribution in [2.45, 2.75) is 6.54 Å². The molecule has 0 spiro atoms. The minimum Gasteiger partial charge on any atom is -0.348 e. The Hall–Kier alpha value is -2.99. The molecule has 2 amide bonds. The molecular formula is C19H15FN2O2S. The highest BCUT2D eigenvalue weighted by molar-refractivity contribution is 7.12. The Morgan fingerprint density at radius 3 is 2.56 bits per heavy atom. The molecule has 4 nitrogen and oxygen atoms in total. The largest absolute Gasteiger partial charge is 0.348 e.